The Balaban J connectivity index is 3.68. The van der Waals surface area contributed by atoms with Crippen LogP contribution < -0.4 is 5.32 Å². The Labute approximate surface area is 73.4 Å². The van der Waals surface area contributed by atoms with Gasteiger partial charge in [-0.05, 0) is 19.0 Å². The van der Waals surface area contributed by atoms with Crippen molar-refractivity contribution in [3.05, 3.63) is 12.3 Å². The fourth-order valence-electron chi connectivity index (χ4n) is 0.806. The summed E-state index contributed by atoms with van der Waals surface area (Å²) in [6, 6.07) is 0. The Hall–Kier alpha value is -0.550. The molecule has 0 aliphatic carbocycles. The maximum absolute atomic E-state index is 10.4. The minimum Gasteiger partial charge on any atom is -0.391 e. The van der Waals surface area contributed by atoms with Crippen LogP contribution in [0.3, 0.4) is 0 Å². The highest BCUT2D eigenvalue weighted by molar-refractivity contribution is 7.85. The maximum Gasteiger partial charge on any atom is 0.265 e. The summed E-state index contributed by atoms with van der Waals surface area (Å²) in [7, 11) is -3.82. The van der Waals surface area contributed by atoms with Crippen LogP contribution in [0.1, 0.15) is 13.8 Å². The normalized spacial score (nSPS) is 14.9. The molecule has 0 saturated carbocycles. The highest BCUT2D eigenvalue weighted by Gasteiger charge is 2.10. The van der Waals surface area contributed by atoms with Crippen LogP contribution in [0.25, 0.3) is 0 Å². The first-order chi connectivity index (χ1) is 5.45. The average Bonchev–Trinajstić information content (AvgIpc) is 1.84. The Morgan fingerprint density at radius 1 is 1.58 bits per heavy atom. The molecule has 5 heteroatoms. The van der Waals surface area contributed by atoms with Gasteiger partial charge in [-0.2, -0.15) is 8.42 Å². The molecule has 0 radical (unpaired) electrons. The van der Waals surface area contributed by atoms with Gasteiger partial charge in [0.05, 0.1) is 5.75 Å². The van der Waals surface area contributed by atoms with E-state index in [2.05, 4.69) is 5.32 Å². The Morgan fingerprint density at radius 2 is 2.17 bits per heavy atom. The first-order valence-electron chi connectivity index (χ1n) is 3.75. The average molecular weight is 193 g/mol. The highest BCUT2D eigenvalue weighted by Crippen LogP contribution is 1.97. The topological polar surface area (TPSA) is 66.4 Å². The van der Waals surface area contributed by atoms with E-state index in [4.69, 9.17) is 4.55 Å². The van der Waals surface area contributed by atoms with Crippen molar-refractivity contribution in [2.45, 2.75) is 13.8 Å². The van der Waals surface area contributed by atoms with Crippen molar-refractivity contribution in [1.29, 1.82) is 0 Å². The number of allylic oxidation sites excluding steroid dienone is 1. The first kappa shape index (κ1) is 11.4. The lowest BCUT2D eigenvalue weighted by molar-refractivity contribution is 0.467. The molecule has 4 nitrogen and oxygen atoms in total. The minimum absolute atomic E-state index is 0.0869. The van der Waals surface area contributed by atoms with Crippen molar-refractivity contribution in [2.75, 3.05) is 12.3 Å². The summed E-state index contributed by atoms with van der Waals surface area (Å²) in [4.78, 5) is 0. The fraction of sp³-hybridized carbons (Fsp3) is 0.714. The van der Waals surface area contributed by atoms with Crippen LogP contribution in [-0.2, 0) is 10.1 Å². The molecule has 0 aromatic heterocycles. The van der Waals surface area contributed by atoms with Gasteiger partial charge in [0.15, 0.2) is 0 Å². The SMILES string of the molecule is CC=CNCC(C)CS(=O)(=O)O. The van der Waals surface area contributed by atoms with Gasteiger partial charge in [-0.15, -0.1) is 0 Å². The second-order valence-corrected chi connectivity index (χ2v) is 4.26. The third-order valence-electron chi connectivity index (χ3n) is 1.25. The van der Waals surface area contributed by atoms with E-state index in [1.807, 2.05) is 13.0 Å². The molecule has 0 aromatic carbocycles. The molecule has 0 amide bonds. The van der Waals surface area contributed by atoms with E-state index >= 15 is 0 Å². The van der Waals surface area contributed by atoms with Gasteiger partial charge in [0.1, 0.15) is 0 Å². The van der Waals surface area contributed by atoms with Gasteiger partial charge in [0, 0.05) is 6.54 Å². The molecule has 0 aliphatic rings. The van der Waals surface area contributed by atoms with Gasteiger partial charge in [0.2, 0.25) is 0 Å². The lowest BCUT2D eigenvalue weighted by Crippen LogP contribution is -2.22. The van der Waals surface area contributed by atoms with Crippen LogP contribution >= 0.6 is 0 Å². The van der Waals surface area contributed by atoms with Gasteiger partial charge >= 0.3 is 0 Å². The van der Waals surface area contributed by atoms with Crippen molar-refractivity contribution in [2.24, 2.45) is 5.92 Å². The zero-order valence-corrected chi connectivity index (χ0v) is 8.13. The lowest BCUT2D eigenvalue weighted by atomic mass is 10.2. The van der Waals surface area contributed by atoms with Crippen LogP contribution in [0.2, 0.25) is 0 Å². The molecule has 0 rings (SSSR count). The second kappa shape index (κ2) is 5.16. The predicted octanol–water partition coefficient (Wildman–Crippen LogP) is 0.633. The quantitative estimate of drug-likeness (QED) is 0.629. The molecule has 12 heavy (non-hydrogen) atoms. The smallest absolute Gasteiger partial charge is 0.265 e. The van der Waals surface area contributed by atoms with Crippen LogP contribution in [-0.4, -0.2) is 25.3 Å². The van der Waals surface area contributed by atoms with E-state index in [0.29, 0.717) is 6.54 Å². The summed E-state index contributed by atoms with van der Waals surface area (Å²) in [6.07, 6.45) is 3.56. The van der Waals surface area contributed by atoms with E-state index in [9.17, 15) is 8.42 Å². The molecule has 0 bridgehead atoms. The Morgan fingerprint density at radius 3 is 2.58 bits per heavy atom. The van der Waals surface area contributed by atoms with Crippen molar-refractivity contribution in [3.63, 3.8) is 0 Å². The number of nitrogens with one attached hydrogen (secondary N) is 1. The molecule has 0 saturated heterocycles. The van der Waals surface area contributed by atoms with Crippen LogP contribution in [0, 0.1) is 5.92 Å². The molecule has 2 N–H and O–H groups in total. The third kappa shape index (κ3) is 7.56. The second-order valence-electron chi connectivity index (χ2n) is 2.76. The molecular weight excluding hydrogens is 178 g/mol. The van der Waals surface area contributed by atoms with E-state index in [0.717, 1.165) is 0 Å². The standard InChI is InChI=1S/C7H15NO3S/c1-3-4-8-5-7(2)6-12(9,10)11/h3-4,7-8H,5-6H2,1-2H3,(H,9,10,11). The van der Waals surface area contributed by atoms with E-state index < -0.39 is 10.1 Å². The zero-order valence-electron chi connectivity index (χ0n) is 7.32. The monoisotopic (exact) mass is 193 g/mol. The Kier molecular flexibility index (Phi) is 4.92. The first-order valence-corrected chi connectivity index (χ1v) is 5.36. The number of hydrogen-bond acceptors (Lipinski definition) is 3. The molecule has 0 fully saturated rings. The molecule has 72 valence electrons. The van der Waals surface area contributed by atoms with Crippen molar-refractivity contribution >= 4 is 10.1 Å². The van der Waals surface area contributed by atoms with Gasteiger partial charge in [-0.3, -0.25) is 4.55 Å². The molecular formula is C7H15NO3S. The summed E-state index contributed by atoms with van der Waals surface area (Å²) in [5.41, 5.74) is 0. The summed E-state index contributed by atoms with van der Waals surface area (Å²) in [5.74, 6) is -0.284. The molecule has 0 aliphatic heterocycles. The number of rotatable bonds is 5. The molecule has 1 unspecified atom stereocenters. The molecule has 1 atom stereocenters. The van der Waals surface area contributed by atoms with Crippen molar-refractivity contribution in [1.82, 2.24) is 5.32 Å². The third-order valence-corrected chi connectivity index (χ3v) is 2.24. The lowest BCUT2D eigenvalue weighted by Gasteiger charge is -2.08. The van der Waals surface area contributed by atoms with Crippen LogP contribution in [0.15, 0.2) is 12.3 Å². The minimum atomic E-state index is -3.82. The Bertz CT molecular complexity index is 233. The van der Waals surface area contributed by atoms with Gasteiger partial charge in [-0.25, -0.2) is 0 Å². The highest BCUT2D eigenvalue weighted by atomic mass is 32.2. The van der Waals surface area contributed by atoms with E-state index in [1.54, 1.807) is 13.1 Å². The van der Waals surface area contributed by atoms with Gasteiger partial charge in [0.25, 0.3) is 10.1 Å². The maximum atomic E-state index is 10.4. The molecule has 0 aromatic rings. The van der Waals surface area contributed by atoms with Gasteiger partial charge < -0.3 is 5.32 Å². The van der Waals surface area contributed by atoms with Crippen LogP contribution in [0.5, 0.6) is 0 Å². The summed E-state index contributed by atoms with van der Waals surface area (Å²) in [6.45, 7) is 4.16. The van der Waals surface area contributed by atoms with Crippen LogP contribution in [0.4, 0.5) is 0 Å². The number of hydrogen-bond donors (Lipinski definition) is 2. The van der Waals surface area contributed by atoms with Crippen molar-refractivity contribution in [3.8, 4) is 0 Å². The molecule has 0 spiro atoms. The van der Waals surface area contributed by atoms with E-state index in [-0.39, 0.29) is 11.7 Å². The van der Waals surface area contributed by atoms with Gasteiger partial charge in [-0.1, -0.05) is 13.0 Å². The fourth-order valence-corrected chi connectivity index (χ4v) is 1.64. The predicted molar refractivity (Wildman–Crippen MR) is 48.4 cm³/mol. The molecule has 0 heterocycles. The largest absolute Gasteiger partial charge is 0.391 e. The summed E-state index contributed by atoms with van der Waals surface area (Å²) >= 11 is 0. The summed E-state index contributed by atoms with van der Waals surface area (Å²) < 4.78 is 29.2. The zero-order chi connectivity index (χ0) is 9.61. The van der Waals surface area contributed by atoms with E-state index in [1.165, 1.54) is 0 Å². The van der Waals surface area contributed by atoms with Crippen molar-refractivity contribution < 1.29 is 13.0 Å². The summed E-state index contributed by atoms with van der Waals surface area (Å²) in [5, 5.41) is 2.90.